The summed E-state index contributed by atoms with van der Waals surface area (Å²) in [7, 11) is 0. The Hall–Kier alpha value is -2.74. The van der Waals surface area contributed by atoms with Gasteiger partial charge in [0.15, 0.2) is 0 Å². The van der Waals surface area contributed by atoms with E-state index in [2.05, 4.69) is 15.2 Å². The number of thioether (sulfide) groups is 1. The highest BCUT2D eigenvalue weighted by atomic mass is 32.2. The molecule has 0 amide bonds. The molecule has 0 bridgehead atoms. The van der Waals surface area contributed by atoms with Crippen LogP contribution in [0.25, 0.3) is 11.5 Å². The summed E-state index contributed by atoms with van der Waals surface area (Å²) in [6.45, 7) is 0. The number of nitro groups is 1. The lowest BCUT2D eigenvalue weighted by Gasteiger charge is -1.97. The molecule has 110 valence electrons. The van der Waals surface area contributed by atoms with Gasteiger partial charge in [-0.3, -0.25) is 15.1 Å². The van der Waals surface area contributed by atoms with Crippen molar-refractivity contribution in [3.8, 4) is 11.5 Å². The molecule has 0 N–H and O–H groups in total. The molecule has 0 fully saturated rings. The summed E-state index contributed by atoms with van der Waals surface area (Å²) < 4.78 is 5.56. The van der Waals surface area contributed by atoms with Gasteiger partial charge in [0.2, 0.25) is 5.89 Å². The fourth-order valence-electron chi connectivity index (χ4n) is 1.76. The SMILES string of the molecule is O=[N+]([O-])c1cncc(CSc2nnc(-c3ccccc3)o2)c1. The molecule has 0 aliphatic heterocycles. The Kier molecular flexibility index (Phi) is 4.10. The largest absolute Gasteiger partial charge is 0.411 e. The first kappa shape index (κ1) is 14.2. The van der Waals surface area contributed by atoms with Gasteiger partial charge in [-0.1, -0.05) is 30.0 Å². The maximum atomic E-state index is 10.7. The number of nitrogens with zero attached hydrogens (tertiary/aromatic N) is 4. The molecule has 0 saturated heterocycles. The van der Waals surface area contributed by atoms with E-state index >= 15 is 0 Å². The molecule has 0 unspecified atom stereocenters. The van der Waals surface area contributed by atoms with E-state index in [4.69, 9.17) is 4.42 Å². The average molecular weight is 314 g/mol. The fraction of sp³-hybridized carbons (Fsp3) is 0.0714. The highest BCUT2D eigenvalue weighted by molar-refractivity contribution is 7.98. The minimum absolute atomic E-state index is 0.0337. The van der Waals surface area contributed by atoms with Crippen LogP contribution in [-0.2, 0) is 5.75 Å². The number of rotatable bonds is 5. The maximum absolute atomic E-state index is 10.7. The second kappa shape index (κ2) is 6.35. The van der Waals surface area contributed by atoms with Gasteiger partial charge in [-0.25, -0.2) is 0 Å². The Morgan fingerprint density at radius 1 is 1.18 bits per heavy atom. The van der Waals surface area contributed by atoms with Gasteiger partial charge in [0.1, 0.15) is 6.20 Å². The fourth-order valence-corrected chi connectivity index (χ4v) is 2.45. The average Bonchev–Trinajstić information content (AvgIpc) is 3.03. The Balaban J connectivity index is 1.69. The van der Waals surface area contributed by atoms with Crippen molar-refractivity contribution in [1.29, 1.82) is 0 Å². The first-order chi connectivity index (χ1) is 10.7. The Labute approximate surface area is 129 Å². The van der Waals surface area contributed by atoms with Crippen LogP contribution < -0.4 is 0 Å². The van der Waals surface area contributed by atoms with Crippen molar-refractivity contribution >= 4 is 17.4 Å². The van der Waals surface area contributed by atoms with Gasteiger partial charge in [-0.15, -0.1) is 10.2 Å². The molecule has 8 heteroatoms. The van der Waals surface area contributed by atoms with Gasteiger partial charge in [0, 0.05) is 23.6 Å². The van der Waals surface area contributed by atoms with Crippen molar-refractivity contribution in [1.82, 2.24) is 15.2 Å². The number of hydrogen-bond acceptors (Lipinski definition) is 7. The predicted octanol–water partition coefficient (Wildman–Crippen LogP) is 3.33. The van der Waals surface area contributed by atoms with Gasteiger partial charge in [0.25, 0.3) is 10.9 Å². The lowest BCUT2D eigenvalue weighted by molar-refractivity contribution is -0.385. The van der Waals surface area contributed by atoms with Crippen LogP contribution in [0.5, 0.6) is 0 Å². The van der Waals surface area contributed by atoms with Crippen LogP contribution in [0.2, 0.25) is 0 Å². The van der Waals surface area contributed by atoms with Crippen molar-refractivity contribution in [3.63, 3.8) is 0 Å². The summed E-state index contributed by atoms with van der Waals surface area (Å²) in [6.07, 6.45) is 2.79. The minimum atomic E-state index is -0.471. The molecule has 0 spiro atoms. The Morgan fingerprint density at radius 3 is 2.77 bits per heavy atom. The second-order valence-electron chi connectivity index (χ2n) is 4.34. The highest BCUT2D eigenvalue weighted by Gasteiger charge is 2.11. The van der Waals surface area contributed by atoms with Crippen molar-refractivity contribution in [2.45, 2.75) is 11.0 Å². The number of hydrogen-bond donors (Lipinski definition) is 0. The Bertz CT molecular complexity index is 792. The van der Waals surface area contributed by atoms with E-state index in [-0.39, 0.29) is 5.69 Å². The lowest BCUT2D eigenvalue weighted by atomic mass is 10.2. The van der Waals surface area contributed by atoms with Crippen molar-refractivity contribution < 1.29 is 9.34 Å². The van der Waals surface area contributed by atoms with E-state index in [0.717, 1.165) is 11.1 Å². The van der Waals surface area contributed by atoms with Crippen LogP contribution in [0.15, 0.2) is 58.4 Å². The quantitative estimate of drug-likeness (QED) is 0.405. The normalized spacial score (nSPS) is 10.5. The van der Waals surface area contributed by atoms with E-state index < -0.39 is 4.92 Å². The molecule has 7 nitrogen and oxygen atoms in total. The summed E-state index contributed by atoms with van der Waals surface area (Å²) >= 11 is 1.31. The molecule has 0 aliphatic carbocycles. The van der Waals surface area contributed by atoms with Crippen molar-refractivity contribution in [2.75, 3.05) is 0 Å². The molecule has 3 rings (SSSR count). The molecule has 0 saturated carbocycles. The molecule has 1 aromatic carbocycles. The first-order valence-corrected chi connectivity index (χ1v) is 7.31. The van der Waals surface area contributed by atoms with Crippen molar-refractivity contribution in [2.24, 2.45) is 0 Å². The lowest BCUT2D eigenvalue weighted by Crippen LogP contribution is -1.91. The standard InChI is InChI=1S/C14H10N4O3S/c19-18(20)12-6-10(7-15-8-12)9-22-14-17-16-13(21-14)11-4-2-1-3-5-11/h1-8H,9H2. The van der Waals surface area contributed by atoms with E-state index in [1.54, 1.807) is 6.20 Å². The number of benzene rings is 1. The van der Waals surface area contributed by atoms with Gasteiger partial charge in [0.05, 0.1) is 4.92 Å². The zero-order chi connectivity index (χ0) is 15.4. The summed E-state index contributed by atoms with van der Waals surface area (Å²) in [6, 6.07) is 10.9. The molecular formula is C14H10N4O3S. The van der Waals surface area contributed by atoms with Gasteiger partial charge >= 0.3 is 0 Å². The first-order valence-electron chi connectivity index (χ1n) is 6.32. The Morgan fingerprint density at radius 2 is 2.00 bits per heavy atom. The van der Waals surface area contributed by atoms with E-state index in [9.17, 15) is 10.1 Å². The highest BCUT2D eigenvalue weighted by Crippen LogP contribution is 2.26. The third-order valence-electron chi connectivity index (χ3n) is 2.78. The van der Waals surface area contributed by atoms with E-state index in [1.807, 2.05) is 30.3 Å². The molecule has 22 heavy (non-hydrogen) atoms. The predicted molar refractivity (Wildman–Crippen MR) is 80.2 cm³/mol. The van der Waals surface area contributed by atoms with E-state index in [1.165, 1.54) is 24.0 Å². The zero-order valence-electron chi connectivity index (χ0n) is 11.2. The number of pyridine rings is 1. The summed E-state index contributed by atoms with van der Waals surface area (Å²) in [5.41, 5.74) is 1.53. The summed E-state index contributed by atoms with van der Waals surface area (Å²) in [4.78, 5) is 14.1. The van der Waals surface area contributed by atoms with Gasteiger partial charge in [-0.2, -0.15) is 0 Å². The third kappa shape index (κ3) is 3.29. The van der Waals surface area contributed by atoms with Crippen LogP contribution in [-0.4, -0.2) is 20.1 Å². The molecule has 0 aliphatic rings. The van der Waals surface area contributed by atoms with Crippen LogP contribution in [0.3, 0.4) is 0 Å². The minimum Gasteiger partial charge on any atom is -0.411 e. The molecular weight excluding hydrogens is 304 g/mol. The molecule has 0 atom stereocenters. The summed E-state index contributed by atoms with van der Waals surface area (Å²) in [5, 5.41) is 19.1. The van der Waals surface area contributed by atoms with Crippen LogP contribution in [0.4, 0.5) is 5.69 Å². The second-order valence-corrected chi connectivity index (χ2v) is 5.26. The summed E-state index contributed by atoms with van der Waals surface area (Å²) in [5.74, 6) is 0.908. The van der Waals surface area contributed by atoms with Crippen LogP contribution >= 0.6 is 11.8 Å². The zero-order valence-corrected chi connectivity index (χ0v) is 12.1. The molecule has 2 heterocycles. The topological polar surface area (TPSA) is 95.0 Å². The molecule has 0 radical (unpaired) electrons. The monoisotopic (exact) mass is 314 g/mol. The molecule has 3 aromatic rings. The van der Waals surface area contributed by atoms with Gasteiger partial charge < -0.3 is 4.42 Å². The smallest absolute Gasteiger partial charge is 0.287 e. The van der Waals surface area contributed by atoms with Crippen LogP contribution in [0.1, 0.15) is 5.56 Å². The maximum Gasteiger partial charge on any atom is 0.287 e. The van der Waals surface area contributed by atoms with Crippen molar-refractivity contribution in [3.05, 3.63) is 64.5 Å². The third-order valence-corrected chi connectivity index (χ3v) is 3.67. The van der Waals surface area contributed by atoms with E-state index in [0.29, 0.717) is 16.9 Å². The number of aromatic nitrogens is 3. The van der Waals surface area contributed by atoms with Gasteiger partial charge in [-0.05, 0) is 17.7 Å². The van der Waals surface area contributed by atoms with Crippen LogP contribution in [0, 0.1) is 10.1 Å². The molecule has 2 aromatic heterocycles.